The van der Waals surface area contributed by atoms with Crippen molar-refractivity contribution in [3.05, 3.63) is 52.8 Å². The molecule has 4 rings (SSSR count). The van der Waals surface area contributed by atoms with Gasteiger partial charge < -0.3 is 15.4 Å². The minimum atomic E-state index is -0.988. The third kappa shape index (κ3) is 2.60. The number of rotatable bonds is 4. The Morgan fingerprint density at radius 1 is 1.39 bits per heavy atom. The first-order valence-corrected chi connectivity index (χ1v) is 7.80. The number of hydrogen-bond acceptors (Lipinski definition) is 5. The summed E-state index contributed by atoms with van der Waals surface area (Å²) in [6.45, 7) is 0. The Hall–Kier alpha value is -2.31. The maximum atomic E-state index is 11.4. The van der Waals surface area contributed by atoms with Crippen molar-refractivity contribution in [3.8, 4) is 0 Å². The lowest BCUT2D eigenvalue weighted by atomic mass is 10.1. The first kappa shape index (κ1) is 14.3. The lowest BCUT2D eigenvalue weighted by Gasteiger charge is -2.21. The number of aromatic nitrogens is 1. The van der Waals surface area contributed by atoms with Gasteiger partial charge in [0, 0.05) is 22.8 Å². The number of nitrogens with one attached hydrogen (secondary N) is 2. The van der Waals surface area contributed by atoms with Gasteiger partial charge in [-0.1, -0.05) is 11.6 Å². The molecule has 2 aliphatic rings. The molecule has 0 bridgehead atoms. The zero-order chi connectivity index (χ0) is 16.0. The molecule has 6 nitrogen and oxygen atoms in total. The molecule has 2 heterocycles. The largest absolute Gasteiger partial charge is 0.478 e. The number of carboxylic acids is 1. The number of carbonyl (C=O) groups is 1. The van der Waals surface area contributed by atoms with Crippen molar-refractivity contribution in [1.29, 1.82) is 0 Å². The number of carboxylic acid groups (broad SMARTS) is 1. The van der Waals surface area contributed by atoms with Gasteiger partial charge in [0.15, 0.2) is 0 Å². The third-order valence-electron chi connectivity index (χ3n) is 4.09. The topological polar surface area (TPSA) is 77.5 Å². The van der Waals surface area contributed by atoms with Gasteiger partial charge in [-0.3, -0.25) is 4.98 Å². The van der Waals surface area contributed by atoms with Crippen LogP contribution in [0.25, 0.3) is 0 Å². The van der Waals surface area contributed by atoms with Crippen molar-refractivity contribution in [2.75, 3.05) is 10.3 Å². The first-order valence-electron chi connectivity index (χ1n) is 7.42. The van der Waals surface area contributed by atoms with Crippen LogP contribution in [-0.4, -0.2) is 22.1 Å². The highest BCUT2D eigenvalue weighted by atomic mass is 35.5. The quantitative estimate of drug-likeness (QED) is 0.800. The third-order valence-corrected chi connectivity index (χ3v) is 4.33. The molecule has 1 aliphatic heterocycles. The molecule has 2 aromatic rings. The van der Waals surface area contributed by atoms with E-state index < -0.39 is 5.97 Å². The standard InChI is InChI=1S/C16H15ClN4O2/c17-9-1-4-14-12(7-9)15(20-21(14)10-2-3-10)19-13-8-18-6-5-11(13)16(22)23/h1,4-8,10,15,19-20H,2-3H2,(H,22,23). The highest BCUT2D eigenvalue weighted by molar-refractivity contribution is 6.30. The van der Waals surface area contributed by atoms with Crippen LogP contribution in [0.15, 0.2) is 36.7 Å². The molecule has 0 amide bonds. The van der Waals surface area contributed by atoms with E-state index in [4.69, 9.17) is 11.6 Å². The Labute approximate surface area is 138 Å². The fourth-order valence-electron chi connectivity index (χ4n) is 2.85. The number of hydrazine groups is 1. The maximum Gasteiger partial charge on any atom is 0.337 e. The summed E-state index contributed by atoms with van der Waals surface area (Å²) in [5, 5.41) is 15.3. The molecule has 1 unspecified atom stereocenters. The summed E-state index contributed by atoms with van der Waals surface area (Å²) in [4.78, 5) is 15.4. The summed E-state index contributed by atoms with van der Waals surface area (Å²) in [6, 6.07) is 7.73. The number of anilines is 2. The second kappa shape index (κ2) is 5.40. The predicted molar refractivity (Wildman–Crippen MR) is 87.6 cm³/mol. The van der Waals surface area contributed by atoms with Gasteiger partial charge in [0.05, 0.1) is 23.1 Å². The van der Waals surface area contributed by atoms with Gasteiger partial charge in [-0.15, -0.1) is 0 Å². The van der Waals surface area contributed by atoms with Gasteiger partial charge in [-0.05, 0) is 37.1 Å². The SMILES string of the molecule is O=C(O)c1ccncc1NC1NN(C2CC2)c2ccc(Cl)cc21. The van der Waals surface area contributed by atoms with Crippen molar-refractivity contribution < 1.29 is 9.90 Å². The van der Waals surface area contributed by atoms with Crippen molar-refractivity contribution >= 4 is 28.9 Å². The summed E-state index contributed by atoms with van der Waals surface area (Å²) in [5.41, 5.74) is 6.15. The van der Waals surface area contributed by atoms with Crippen LogP contribution in [0.4, 0.5) is 11.4 Å². The van der Waals surface area contributed by atoms with E-state index in [0.29, 0.717) is 16.8 Å². The number of nitrogens with zero attached hydrogens (tertiary/aromatic N) is 2. The number of fused-ring (bicyclic) bond motifs is 1. The molecule has 1 atom stereocenters. The summed E-state index contributed by atoms with van der Waals surface area (Å²) in [6.07, 6.45) is 5.05. The molecule has 23 heavy (non-hydrogen) atoms. The van der Waals surface area contributed by atoms with Crippen LogP contribution in [0, 0.1) is 0 Å². The fraction of sp³-hybridized carbons (Fsp3) is 0.250. The van der Waals surface area contributed by atoms with Crippen LogP contribution >= 0.6 is 11.6 Å². The van der Waals surface area contributed by atoms with Gasteiger partial charge >= 0.3 is 5.97 Å². The van der Waals surface area contributed by atoms with Crippen LogP contribution in [0.3, 0.4) is 0 Å². The van der Waals surface area contributed by atoms with E-state index in [1.54, 1.807) is 0 Å². The Morgan fingerprint density at radius 3 is 2.96 bits per heavy atom. The van der Waals surface area contributed by atoms with Gasteiger partial charge in [0.1, 0.15) is 6.17 Å². The second-order valence-corrected chi connectivity index (χ2v) is 6.17. The molecule has 1 aromatic heterocycles. The normalized spacial score (nSPS) is 19.5. The van der Waals surface area contributed by atoms with Crippen LogP contribution in [0.5, 0.6) is 0 Å². The fourth-order valence-corrected chi connectivity index (χ4v) is 3.03. The highest BCUT2D eigenvalue weighted by Gasteiger charge is 2.38. The van der Waals surface area contributed by atoms with Gasteiger partial charge in [-0.2, -0.15) is 0 Å². The molecule has 1 saturated carbocycles. The van der Waals surface area contributed by atoms with E-state index in [-0.39, 0.29) is 11.7 Å². The van der Waals surface area contributed by atoms with Crippen LogP contribution in [-0.2, 0) is 0 Å². The Morgan fingerprint density at radius 2 is 2.22 bits per heavy atom. The number of aromatic carboxylic acids is 1. The lowest BCUT2D eigenvalue weighted by Crippen LogP contribution is -2.38. The zero-order valence-corrected chi connectivity index (χ0v) is 12.9. The molecule has 0 spiro atoms. The average Bonchev–Trinajstić information content (AvgIpc) is 3.32. The first-order chi connectivity index (χ1) is 11.1. The number of benzene rings is 1. The molecule has 118 valence electrons. The Balaban J connectivity index is 1.68. The second-order valence-electron chi connectivity index (χ2n) is 5.74. The van der Waals surface area contributed by atoms with Crippen molar-refractivity contribution in [2.45, 2.75) is 25.0 Å². The van der Waals surface area contributed by atoms with Crippen LogP contribution < -0.4 is 15.8 Å². The molecule has 3 N–H and O–H groups in total. The van der Waals surface area contributed by atoms with E-state index in [2.05, 4.69) is 20.7 Å². The highest BCUT2D eigenvalue weighted by Crippen LogP contribution is 2.41. The average molecular weight is 331 g/mol. The smallest absolute Gasteiger partial charge is 0.337 e. The Kier molecular flexibility index (Phi) is 3.36. The summed E-state index contributed by atoms with van der Waals surface area (Å²) in [5.74, 6) is -0.988. The minimum Gasteiger partial charge on any atom is -0.478 e. The summed E-state index contributed by atoms with van der Waals surface area (Å²) >= 11 is 6.14. The molecular weight excluding hydrogens is 316 g/mol. The Bertz CT molecular complexity index is 778. The predicted octanol–water partition coefficient (Wildman–Crippen LogP) is 3.03. The molecule has 1 aromatic carbocycles. The maximum absolute atomic E-state index is 11.4. The molecule has 0 radical (unpaired) electrons. The summed E-state index contributed by atoms with van der Waals surface area (Å²) in [7, 11) is 0. The van der Waals surface area contributed by atoms with E-state index in [1.807, 2.05) is 18.2 Å². The number of pyridine rings is 1. The summed E-state index contributed by atoms with van der Waals surface area (Å²) < 4.78 is 0. The molecule has 1 aliphatic carbocycles. The molecule has 7 heteroatoms. The minimum absolute atomic E-state index is 0.190. The van der Waals surface area contributed by atoms with E-state index >= 15 is 0 Å². The van der Waals surface area contributed by atoms with E-state index in [9.17, 15) is 9.90 Å². The van der Waals surface area contributed by atoms with Gasteiger partial charge in [0.2, 0.25) is 0 Å². The lowest BCUT2D eigenvalue weighted by molar-refractivity contribution is 0.0697. The number of halogens is 1. The van der Waals surface area contributed by atoms with Crippen LogP contribution in [0.2, 0.25) is 5.02 Å². The van der Waals surface area contributed by atoms with Crippen molar-refractivity contribution in [3.63, 3.8) is 0 Å². The molecule has 0 saturated heterocycles. The van der Waals surface area contributed by atoms with Gasteiger partial charge in [-0.25, -0.2) is 10.2 Å². The van der Waals surface area contributed by atoms with Crippen LogP contribution in [0.1, 0.15) is 34.9 Å². The zero-order valence-electron chi connectivity index (χ0n) is 12.2. The van der Waals surface area contributed by atoms with E-state index in [0.717, 1.165) is 24.1 Å². The molecular formula is C16H15ClN4O2. The monoisotopic (exact) mass is 330 g/mol. The number of hydrogen-bond donors (Lipinski definition) is 3. The van der Waals surface area contributed by atoms with Gasteiger partial charge in [0.25, 0.3) is 0 Å². The van der Waals surface area contributed by atoms with E-state index in [1.165, 1.54) is 18.5 Å². The molecule has 1 fully saturated rings. The van der Waals surface area contributed by atoms with Crippen molar-refractivity contribution in [2.24, 2.45) is 0 Å². The van der Waals surface area contributed by atoms with Crippen molar-refractivity contribution in [1.82, 2.24) is 10.4 Å².